The predicted molar refractivity (Wildman–Crippen MR) is 211 cm³/mol. The first kappa shape index (κ1) is 55.7. The maximum Gasteiger partial charge on any atom is 0.373 e. The van der Waals surface area contributed by atoms with E-state index in [-0.39, 0.29) is 55.5 Å². The van der Waals surface area contributed by atoms with Gasteiger partial charge in [-0.2, -0.15) is 23.6 Å². The number of urea groups is 2. The number of rotatable bonds is 23. The largest absolute Gasteiger partial charge is 0.481 e. The van der Waals surface area contributed by atoms with Crippen molar-refractivity contribution < 1.29 is 72.4 Å². The van der Waals surface area contributed by atoms with E-state index < -0.39 is 35.9 Å². The van der Waals surface area contributed by atoms with Crippen LogP contribution in [0.15, 0.2) is 36.7 Å². The molecule has 2 atom stereocenters. The Morgan fingerprint density at radius 2 is 1.05 bits per heavy atom. The van der Waals surface area contributed by atoms with Crippen LogP contribution in [0.25, 0.3) is 0 Å². The molecule has 2 unspecified atom stereocenters. The smallest absolute Gasteiger partial charge is 0.373 e. The van der Waals surface area contributed by atoms with Crippen LogP contribution in [0, 0.1) is 9.65 Å². The van der Waals surface area contributed by atoms with Gasteiger partial charge in [-0.05, 0) is 105 Å². The molecule has 0 saturated heterocycles. The fraction of sp³-hybridized carbons (Fsp3) is 0.472. The number of pyridine rings is 2. The Hall–Kier alpha value is -6.39. The van der Waals surface area contributed by atoms with Crippen molar-refractivity contribution in [2.45, 2.75) is 83.2 Å². The molecule has 60 heavy (non-hydrogen) atoms. The molecule has 0 aromatic carbocycles. The summed E-state index contributed by atoms with van der Waals surface area (Å²) in [5, 5.41) is 41.8. The quantitative estimate of drug-likeness (QED) is 0.0435. The number of aromatic nitrogens is 2. The standard InChI is InChI=1S/C17H25FN4O4.C17H23IN4O6.2CO2/c1-12(5-8-15(23)24)22-17(26)20-10-4-2-3-9-19-16(25)13-6-7-14(18)21-11-13;18-13-6-4-11(10-21-13)15(25)19-8-2-1-3-9-20-17(28)22-12(16(26)27)5-7-14(23)24;2*2-1-3/h6-7,11-12H,2-5,8-10H2,1H3,(H,19,25)(H,23,24)(H2,20,22,26);4,6,10,12H,1-3,5,7-9H2,(H,19,25)(H,23,24)(H,26,27)(H2,20,22,28);;/i18-1;18-2;;. The Kier molecular flexibility index (Phi) is 33.2. The maximum absolute atomic E-state index is 12.7. The van der Waals surface area contributed by atoms with Crippen molar-refractivity contribution in [1.29, 1.82) is 0 Å². The minimum atomic E-state index is -1.28. The van der Waals surface area contributed by atoms with E-state index in [4.69, 9.17) is 34.5 Å². The number of nitrogens with zero attached hydrogens (tertiary/aromatic N) is 2. The van der Waals surface area contributed by atoms with Gasteiger partial charge >= 0.3 is 42.3 Å². The molecule has 9 N–H and O–H groups in total. The predicted octanol–water partition coefficient (Wildman–Crippen LogP) is 1.71. The van der Waals surface area contributed by atoms with Gasteiger partial charge in [0.25, 0.3) is 11.8 Å². The molecule has 330 valence electrons. The number of amides is 6. The van der Waals surface area contributed by atoms with Gasteiger partial charge < -0.3 is 47.2 Å². The average Bonchev–Trinajstić information content (AvgIpc) is 3.19. The van der Waals surface area contributed by atoms with Crippen LogP contribution < -0.4 is 31.9 Å². The fourth-order valence-electron chi connectivity index (χ4n) is 4.31. The number of hydrogen-bond donors (Lipinski definition) is 9. The molecule has 0 aliphatic rings. The van der Waals surface area contributed by atoms with Crippen LogP contribution in [0.5, 0.6) is 0 Å². The van der Waals surface area contributed by atoms with Crippen molar-refractivity contribution in [3.8, 4) is 0 Å². The number of carbonyl (C=O) groups excluding carboxylic acids is 8. The highest BCUT2D eigenvalue weighted by Crippen LogP contribution is 2.04. The van der Waals surface area contributed by atoms with Crippen molar-refractivity contribution in [2.24, 2.45) is 0 Å². The Morgan fingerprint density at radius 3 is 1.45 bits per heavy atom. The highest BCUT2D eigenvalue weighted by atomic mass is 125. The van der Waals surface area contributed by atoms with Crippen molar-refractivity contribution >= 4 is 76.7 Å². The number of nitrogens with one attached hydrogen (secondary N) is 6. The molecule has 0 bridgehead atoms. The Labute approximate surface area is 356 Å². The van der Waals surface area contributed by atoms with E-state index in [0.29, 0.717) is 50.1 Å². The van der Waals surface area contributed by atoms with E-state index in [9.17, 15) is 38.0 Å². The van der Waals surface area contributed by atoms with Gasteiger partial charge in [-0.3, -0.25) is 19.2 Å². The van der Waals surface area contributed by atoms with Crippen LogP contribution in [0.2, 0.25) is 0 Å². The average molecular weight is 960 g/mol. The molecule has 0 radical (unpaired) electrons. The number of carboxylic acid groups (broad SMARTS) is 3. The van der Waals surface area contributed by atoms with E-state index in [0.717, 1.165) is 41.9 Å². The summed E-state index contributed by atoms with van der Waals surface area (Å²) in [6.07, 6.45) is 7.52. The first-order valence-electron chi connectivity index (χ1n) is 18.0. The van der Waals surface area contributed by atoms with Gasteiger partial charge in [0.05, 0.1) is 11.1 Å². The summed E-state index contributed by atoms with van der Waals surface area (Å²) in [6, 6.07) is 3.53. The van der Waals surface area contributed by atoms with Crippen molar-refractivity contribution in [2.75, 3.05) is 26.2 Å². The Balaban J connectivity index is 0. The lowest BCUT2D eigenvalue weighted by atomic mass is 10.1. The highest BCUT2D eigenvalue weighted by molar-refractivity contribution is 14.1. The summed E-state index contributed by atoms with van der Waals surface area (Å²) in [7, 11) is 0. The zero-order valence-electron chi connectivity index (χ0n) is 32.5. The molecule has 2 heterocycles. The molecule has 24 heteroatoms. The monoisotopic (exact) mass is 959 g/mol. The third-order valence-electron chi connectivity index (χ3n) is 7.25. The van der Waals surface area contributed by atoms with Crippen LogP contribution in [0.4, 0.5) is 14.0 Å². The second-order valence-corrected chi connectivity index (χ2v) is 13.1. The summed E-state index contributed by atoms with van der Waals surface area (Å²) < 4.78 is 13.5. The number of carboxylic acids is 3. The van der Waals surface area contributed by atoms with Crippen LogP contribution >= 0.6 is 22.6 Å². The van der Waals surface area contributed by atoms with Crippen LogP contribution in [0.3, 0.4) is 0 Å². The molecular formula is C36H48FIN8O14. The minimum Gasteiger partial charge on any atom is -0.481 e. The first-order chi connectivity index (χ1) is 28.5. The molecule has 2 rings (SSSR count). The zero-order chi connectivity index (χ0) is 45.7. The van der Waals surface area contributed by atoms with Crippen molar-refractivity contribution in [3.63, 3.8) is 0 Å². The topological polar surface area (TPSA) is 346 Å². The van der Waals surface area contributed by atoms with E-state index in [1.54, 1.807) is 19.1 Å². The minimum absolute atomic E-state index is 0.0150. The zero-order valence-corrected chi connectivity index (χ0v) is 34.7. The van der Waals surface area contributed by atoms with Gasteiger partial charge in [-0.15, -0.1) is 0 Å². The summed E-state index contributed by atoms with van der Waals surface area (Å²) in [5.74, 6) is -4.42. The Morgan fingerprint density at radius 1 is 0.633 bits per heavy atom. The van der Waals surface area contributed by atoms with Crippen molar-refractivity contribution in [3.05, 3.63) is 57.4 Å². The summed E-state index contributed by atoms with van der Waals surface area (Å²) in [5.41, 5.74) is 0.802. The molecule has 6 amide bonds. The number of hydrogen-bond acceptors (Lipinski definition) is 13. The normalized spacial score (nSPS) is 10.5. The molecule has 2 aromatic heterocycles. The summed E-state index contributed by atoms with van der Waals surface area (Å²) >= 11 is 2.06. The van der Waals surface area contributed by atoms with Gasteiger partial charge in [-0.1, -0.05) is 0 Å². The molecule has 0 aliphatic carbocycles. The number of unbranched alkanes of at least 4 members (excludes halogenated alkanes) is 4. The maximum atomic E-state index is 12.7. The highest BCUT2D eigenvalue weighted by Gasteiger charge is 2.20. The van der Waals surface area contributed by atoms with Gasteiger partial charge in [0, 0.05) is 57.5 Å². The fourth-order valence-corrected chi connectivity index (χ4v) is 4.63. The number of carbonyl (C=O) groups is 7. The second-order valence-electron chi connectivity index (χ2n) is 12.0. The third kappa shape index (κ3) is 32.7. The third-order valence-corrected chi connectivity index (χ3v) is 7.89. The van der Waals surface area contributed by atoms with Gasteiger partial charge in [0.2, 0.25) is 5.95 Å². The summed E-state index contributed by atoms with van der Waals surface area (Å²) in [6.45, 7) is 3.56. The van der Waals surface area contributed by atoms with Gasteiger partial charge in [-0.25, -0.2) is 24.4 Å². The lowest BCUT2D eigenvalue weighted by Crippen LogP contribution is -2.46. The summed E-state index contributed by atoms with van der Waals surface area (Å²) in [4.78, 5) is 119. The lowest BCUT2D eigenvalue weighted by molar-refractivity contribution is -0.193. The van der Waals surface area contributed by atoms with Crippen LogP contribution in [-0.2, 0) is 33.6 Å². The van der Waals surface area contributed by atoms with E-state index in [1.165, 1.54) is 18.5 Å². The number of halogens is 2. The lowest BCUT2D eigenvalue weighted by Gasteiger charge is -2.14. The van der Waals surface area contributed by atoms with E-state index >= 15 is 0 Å². The van der Waals surface area contributed by atoms with E-state index in [2.05, 4.69) is 64.5 Å². The van der Waals surface area contributed by atoms with E-state index in [1.807, 2.05) is 0 Å². The first-order valence-corrected chi connectivity index (χ1v) is 19.1. The molecule has 0 aliphatic heterocycles. The molecule has 22 nitrogen and oxygen atoms in total. The SMILES string of the molecule is CC(CCC(=O)O)NC(=O)NCCCCCNC(=O)c1ccc([18F])nc1.O=C(O)CCC(NC(=O)NCCCCCNC(=O)c1ccc([125I])nc1)C(=O)O.O=C=O.O=C=O. The number of aliphatic carboxylic acids is 3. The van der Waals surface area contributed by atoms with Gasteiger partial charge in [0.15, 0.2) is 0 Å². The van der Waals surface area contributed by atoms with Gasteiger partial charge in [0.1, 0.15) is 9.74 Å². The van der Waals surface area contributed by atoms with Crippen LogP contribution in [-0.4, -0.2) is 118 Å². The molecular weight excluding hydrogens is 911 g/mol. The molecule has 0 saturated carbocycles. The van der Waals surface area contributed by atoms with Crippen LogP contribution in [0.1, 0.15) is 91.8 Å². The Bertz CT molecular complexity index is 1680. The molecule has 0 fully saturated rings. The molecule has 2 aromatic rings. The second kappa shape index (κ2) is 35.7. The van der Waals surface area contributed by atoms with Crippen molar-refractivity contribution in [1.82, 2.24) is 41.9 Å². The molecule has 0 spiro atoms.